The summed E-state index contributed by atoms with van der Waals surface area (Å²) in [5, 5.41) is 9.46. The molecule has 0 aliphatic rings. The highest BCUT2D eigenvalue weighted by molar-refractivity contribution is 5.92. The van der Waals surface area contributed by atoms with E-state index in [-0.39, 0.29) is 35.2 Å². The second-order valence-corrected chi connectivity index (χ2v) is 5.83. The zero-order valence-electron chi connectivity index (χ0n) is 15.9. The van der Waals surface area contributed by atoms with Crippen LogP contribution < -0.4 is 14.2 Å². The van der Waals surface area contributed by atoms with Crippen molar-refractivity contribution in [3.05, 3.63) is 47.5 Å². The molecule has 0 aliphatic heterocycles. The van der Waals surface area contributed by atoms with Gasteiger partial charge in [-0.25, -0.2) is 4.79 Å². The van der Waals surface area contributed by atoms with Crippen molar-refractivity contribution in [3.63, 3.8) is 0 Å². The Bertz CT molecular complexity index is 925. The molecule has 0 saturated heterocycles. The van der Waals surface area contributed by atoms with Crippen molar-refractivity contribution in [3.8, 4) is 23.0 Å². The molecule has 2 aromatic carbocycles. The highest BCUT2D eigenvalue weighted by Gasteiger charge is 2.23. The highest BCUT2D eigenvalue weighted by Crippen LogP contribution is 2.39. The van der Waals surface area contributed by atoms with Crippen LogP contribution in [0.4, 0.5) is 0 Å². The fourth-order valence-electron chi connectivity index (χ4n) is 2.28. The van der Waals surface area contributed by atoms with Gasteiger partial charge in [-0.2, -0.15) is 0 Å². The molecule has 0 bridgehead atoms. The lowest BCUT2D eigenvalue weighted by atomic mass is 10.1. The largest absolute Gasteiger partial charge is 0.508 e. The molecular formula is C20H18O9. The molecule has 0 radical (unpaired) electrons. The van der Waals surface area contributed by atoms with E-state index in [1.165, 1.54) is 12.1 Å². The third-order valence-corrected chi connectivity index (χ3v) is 3.29. The van der Waals surface area contributed by atoms with E-state index in [4.69, 9.17) is 18.9 Å². The Labute approximate surface area is 165 Å². The first-order chi connectivity index (χ1) is 13.7. The van der Waals surface area contributed by atoms with Crippen LogP contribution in [0.2, 0.25) is 0 Å². The summed E-state index contributed by atoms with van der Waals surface area (Å²) in [4.78, 5) is 46.6. The Hall–Kier alpha value is -3.88. The van der Waals surface area contributed by atoms with Crippen molar-refractivity contribution in [1.82, 2.24) is 0 Å². The maximum atomic E-state index is 12.4. The van der Waals surface area contributed by atoms with Crippen molar-refractivity contribution in [2.24, 2.45) is 0 Å². The second-order valence-electron chi connectivity index (χ2n) is 5.83. The molecule has 29 heavy (non-hydrogen) atoms. The van der Waals surface area contributed by atoms with Crippen LogP contribution >= 0.6 is 0 Å². The number of rotatable bonds is 6. The Kier molecular flexibility index (Phi) is 6.91. The molecule has 0 atom stereocenters. The van der Waals surface area contributed by atoms with Gasteiger partial charge in [0.1, 0.15) is 12.4 Å². The van der Waals surface area contributed by atoms with E-state index in [0.717, 1.165) is 32.9 Å². The fourth-order valence-corrected chi connectivity index (χ4v) is 2.28. The molecule has 1 N–H and O–H groups in total. The quantitative estimate of drug-likeness (QED) is 0.573. The molecule has 9 heteroatoms. The third-order valence-electron chi connectivity index (χ3n) is 3.29. The van der Waals surface area contributed by atoms with Crippen molar-refractivity contribution in [2.45, 2.75) is 27.4 Å². The number of carbonyl (C=O) groups excluding carboxylic acids is 4. The van der Waals surface area contributed by atoms with Crippen molar-refractivity contribution < 1.29 is 43.2 Å². The normalized spacial score (nSPS) is 10.0. The molecule has 0 saturated carbocycles. The van der Waals surface area contributed by atoms with Gasteiger partial charge in [-0.05, 0) is 29.8 Å². The third kappa shape index (κ3) is 6.35. The van der Waals surface area contributed by atoms with Gasteiger partial charge in [0.15, 0.2) is 11.5 Å². The number of esters is 4. The predicted molar refractivity (Wildman–Crippen MR) is 97.6 cm³/mol. The number of phenols is 1. The number of aromatic hydroxyl groups is 1. The average Bonchev–Trinajstić information content (AvgIpc) is 2.61. The molecule has 0 heterocycles. The van der Waals surface area contributed by atoms with Gasteiger partial charge in [-0.15, -0.1) is 0 Å². The minimum absolute atomic E-state index is 0.0126. The van der Waals surface area contributed by atoms with Crippen LogP contribution in [-0.2, 0) is 25.7 Å². The van der Waals surface area contributed by atoms with Crippen LogP contribution in [0.25, 0.3) is 0 Å². The minimum Gasteiger partial charge on any atom is -0.508 e. The highest BCUT2D eigenvalue weighted by atomic mass is 16.6. The van der Waals surface area contributed by atoms with Crippen LogP contribution in [0.1, 0.15) is 36.7 Å². The SMILES string of the molecule is CC(=O)Oc1cc(C(=O)OCc2cccc(O)c2)cc(OC(C)=O)c1OC(C)=O. The van der Waals surface area contributed by atoms with E-state index in [1.807, 2.05) is 0 Å². The molecule has 0 spiro atoms. The van der Waals surface area contributed by atoms with Crippen LogP contribution in [0.3, 0.4) is 0 Å². The monoisotopic (exact) mass is 402 g/mol. The van der Waals surface area contributed by atoms with Gasteiger partial charge in [0.25, 0.3) is 0 Å². The van der Waals surface area contributed by atoms with Crippen LogP contribution in [0.15, 0.2) is 36.4 Å². The summed E-state index contributed by atoms with van der Waals surface area (Å²) in [5.74, 6) is -4.00. The topological polar surface area (TPSA) is 125 Å². The molecule has 0 amide bonds. The van der Waals surface area contributed by atoms with Gasteiger partial charge in [-0.3, -0.25) is 14.4 Å². The summed E-state index contributed by atoms with van der Waals surface area (Å²) in [6.45, 7) is 3.17. The fraction of sp³-hybridized carbons (Fsp3) is 0.200. The number of carbonyl (C=O) groups is 4. The molecule has 2 aromatic rings. The lowest BCUT2D eigenvalue weighted by molar-refractivity contribution is -0.135. The summed E-state index contributed by atoms with van der Waals surface area (Å²) in [6.07, 6.45) is 0. The van der Waals surface area contributed by atoms with Crippen molar-refractivity contribution >= 4 is 23.9 Å². The molecule has 0 aromatic heterocycles. The van der Waals surface area contributed by atoms with Crippen LogP contribution in [0.5, 0.6) is 23.0 Å². The van der Waals surface area contributed by atoms with Crippen molar-refractivity contribution in [1.29, 1.82) is 0 Å². The summed E-state index contributed by atoms with van der Waals surface area (Å²) in [5.41, 5.74) is 0.420. The predicted octanol–water partition coefficient (Wildman–Crippen LogP) is 2.53. The molecule has 2 rings (SSSR count). The zero-order valence-corrected chi connectivity index (χ0v) is 15.9. The Balaban J connectivity index is 2.38. The molecule has 0 unspecified atom stereocenters. The first-order valence-electron chi connectivity index (χ1n) is 8.34. The summed E-state index contributed by atoms with van der Waals surface area (Å²) < 4.78 is 20.1. The van der Waals surface area contributed by atoms with Crippen LogP contribution in [-0.4, -0.2) is 29.0 Å². The summed E-state index contributed by atoms with van der Waals surface area (Å²) in [7, 11) is 0. The lowest BCUT2D eigenvalue weighted by Crippen LogP contribution is -2.13. The van der Waals surface area contributed by atoms with E-state index < -0.39 is 23.9 Å². The smallest absolute Gasteiger partial charge is 0.338 e. The molecule has 152 valence electrons. The number of ether oxygens (including phenoxy) is 4. The zero-order chi connectivity index (χ0) is 21.6. The van der Waals surface area contributed by atoms with E-state index in [1.54, 1.807) is 12.1 Å². The first-order valence-corrected chi connectivity index (χ1v) is 8.34. The first kappa shape index (κ1) is 21.4. The summed E-state index contributed by atoms with van der Waals surface area (Å²) in [6, 6.07) is 8.37. The Morgan fingerprint density at radius 1 is 0.828 bits per heavy atom. The van der Waals surface area contributed by atoms with Gasteiger partial charge in [-0.1, -0.05) is 12.1 Å². The van der Waals surface area contributed by atoms with E-state index in [0.29, 0.717) is 5.56 Å². The van der Waals surface area contributed by atoms with Crippen molar-refractivity contribution in [2.75, 3.05) is 0 Å². The van der Waals surface area contributed by atoms with Gasteiger partial charge in [0, 0.05) is 20.8 Å². The van der Waals surface area contributed by atoms with Gasteiger partial charge < -0.3 is 24.1 Å². The van der Waals surface area contributed by atoms with Gasteiger partial charge in [0.2, 0.25) is 5.75 Å². The number of hydrogen-bond acceptors (Lipinski definition) is 9. The minimum atomic E-state index is -0.829. The van der Waals surface area contributed by atoms with Gasteiger partial charge >= 0.3 is 23.9 Å². The molecule has 0 fully saturated rings. The number of benzene rings is 2. The Morgan fingerprint density at radius 2 is 1.38 bits per heavy atom. The lowest BCUT2D eigenvalue weighted by Gasteiger charge is -2.14. The number of hydrogen-bond donors (Lipinski definition) is 1. The standard InChI is InChI=1S/C20H18O9/c1-11(21)27-17-8-15(9-18(28-12(2)22)19(17)29-13(3)23)20(25)26-10-14-5-4-6-16(24)7-14/h4-9,24H,10H2,1-3H3. The Morgan fingerprint density at radius 3 is 1.86 bits per heavy atom. The molecular weight excluding hydrogens is 384 g/mol. The second kappa shape index (κ2) is 9.36. The number of phenolic OH excluding ortho intramolecular Hbond substituents is 1. The summed E-state index contributed by atoms with van der Waals surface area (Å²) >= 11 is 0. The maximum Gasteiger partial charge on any atom is 0.338 e. The van der Waals surface area contributed by atoms with Crippen LogP contribution in [0, 0.1) is 0 Å². The van der Waals surface area contributed by atoms with E-state index in [9.17, 15) is 24.3 Å². The van der Waals surface area contributed by atoms with E-state index in [2.05, 4.69) is 0 Å². The van der Waals surface area contributed by atoms with E-state index >= 15 is 0 Å². The molecule has 0 aliphatic carbocycles. The maximum absolute atomic E-state index is 12.4. The molecule has 9 nitrogen and oxygen atoms in total. The average molecular weight is 402 g/mol. The van der Waals surface area contributed by atoms with Gasteiger partial charge in [0.05, 0.1) is 5.56 Å².